The number of hydrogen-bond acceptors (Lipinski definition) is 3. The van der Waals surface area contributed by atoms with Gasteiger partial charge in [0.25, 0.3) is 5.91 Å². The van der Waals surface area contributed by atoms with Crippen LogP contribution in [-0.4, -0.2) is 25.4 Å². The lowest BCUT2D eigenvalue weighted by molar-refractivity contribution is -0.117. The molecule has 2 amide bonds. The average Bonchev–Trinajstić information content (AvgIpc) is 2.64. The van der Waals surface area contributed by atoms with Crippen molar-refractivity contribution in [2.75, 3.05) is 18.5 Å². The molecule has 1 N–H and O–H groups in total. The number of para-hydroxylation sites is 1. The number of nitrogens with one attached hydrogen (secondary N) is 1. The number of carbonyl (C=O) groups excluding carboxylic acids is 2. The fraction of sp³-hybridized carbons (Fsp3) is 0.200. The molecular weight excluding hydrogens is 332 g/mol. The van der Waals surface area contributed by atoms with Crippen LogP contribution < -0.4 is 10.2 Å². The summed E-state index contributed by atoms with van der Waals surface area (Å²) in [6.45, 7) is 0.586. The number of rotatable bonds is 5. The Kier molecular flexibility index (Phi) is 5.56. The topological polar surface area (TPSA) is 49.4 Å². The van der Waals surface area contributed by atoms with Gasteiger partial charge in [0.05, 0.1) is 10.6 Å². The zero-order chi connectivity index (χ0) is 17.6. The van der Waals surface area contributed by atoms with Crippen molar-refractivity contribution in [2.24, 2.45) is 0 Å². The van der Waals surface area contributed by atoms with E-state index in [2.05, 4.69) is 17.4 Å². The molecule has 1 aliphatic heterocycles. The van der Waals surface area contributed by atoms with Crippen LogP contribution in [0.2, 0.25) is 0 Å². The van der Waals surface area contributed by atoms with E-state index >= 15 is 0 Å². The van der Waals surface area contributed by atoms with E-state index in [-0.39, 0.29) is 11.8 Å². The summed E-state index contributed by atoms with van der Waals surface area (Å²) in [4.78, 5) is 27.5. The Hall–Kier alpha value is -2.53. The molecule has 0 spiro atoms. The minimum Gasteiger partial charge on any atom is -0.353 e. The molecular formula is C20H20N2O2S. The Morgan fingerprint density at radius 3 is 2.64 bits per heavy atom. The summed E-state index contributed by atoms with van der Waals surface area (Å²) < 4.78 is 0. The third kappa shape index (κ3) is 4.31. The molecule has 0 radical (unpaired) electrons. The van der Waals surface area contributed by atoms with Gasteiger partial charge in [-0.1, -0.05) is 54.2 Å². The third-order valence-corrected chi connectivity index (χ3v) is 5.09. The summed E-state index contributed by atoms with van der Waals surface area (Å²) in [6, 6.07) is 17.9. The first-order chi connectivity index (χ1) is 12.1. The van der Waals surface area contributed by atoms with Gasteiger partial charge in [0.15, 0.2) is 0 Å². The average molecular weight is 352 g/mol. The minimum absolute atomic E-state index is 0.150. The molecule has 2 aromatic carbocycles. The van der Waals surface area contributed by atoms with Gasteiger partial charge >= 0.3 is 0 Å². The van der Waals surface area contributed by atoms with E-state index in [9.17, 15) is 9.59 Å². The number of likely N-dealkylation sites (N-methyl/N-ethyl adjacent to an activating group) is 1. The van der Waals surface area contributed by atoms with E-state index in [1.54, 1.807) is 11.9 Å². The minimum atomic E-state index is -0.225. The smallest absolute Gasteiger partial charge is 0.265 e. The van der Waals surface area contributed by atoms with Crippen LogP contribution in [0.25, 0.3) is 0 Å². The molecule has 3 rings (SSSR count). The van der Waals surface area contributed by atoms with Crippen molar-refractivity contribution >= 4 is 29.3 Å². The van der Waals surface area contributed by atoms with E-state index in [0.29, 0.717) is 11.4 Å². The van der Waals surface area contributed by atoms with Crippen molar-refractivity contribution in [3.8, 4) is 0 Å². The van der Waals surface area contributed by atoms with Crippen LogP contribution in [0.5, 0.6) is 0 Å². The van der Waals surface area contributed by atoms with Crippen molar-refractivity contribution in [3.63, 3.8) is 0 Å². The monoisotopic (exact) mass is 352 g/mol. The normalized spacial score (nSPS) is 15.2. The van der Waals surface area contributed by atoms with Gasteiger partial charge in [-0.05, 0) is 30.5 Å². The number of carbonyl (C=O) groups is 2. The lowest BCUT2D eigenvalue weighted by Gasteiger charge is -2.26. The molecule has 1 heterocycles. The summed E-state index contributed by atoms with van der Waals surface area (Å²) in [5, 5.41) is 2.86. The number of amides is 2. The molecule has 128 valence electrons. The maximum Gasteiger partial charge on any atom is 0.265 e. The predicted octanol–water partition coefficient (Wildman–Crippen LogP) is 3.39. The summed E-state index contributed by atoms with van der Waals surface area (Å²) in [5.41, 5.74) is 2.13. The van der Waals surface area contributed by atoms with Crippen molar-refractivity contribution in [2.45, 2.75) is 17.7 Å². The van der Waals surface area contributed by atoms with Gasteiger partial charge in [0.2, 0.25) is 5.91 Å². The van der Waals surface area contributed by atoms with Crippen LogP contribution in [-0.2, 0) is 16.0 Å². The van der Waals surface area contributed by atoms with Crippen LogP contribution in [0, 0.1) is 0 Å². The standard InChI is InChI=1S/C20H20N2O2S/c1-22-16-11-5-6-12-17(16)25-18(20(22)24)14-19(23)21-13-7-10-15-8-3-2-4-9-15/h2-6,8-9,11-12,14H,7,10,13H2,1H3,(H,21,23)/b18-14+. The van der Waals surface area contributed by atoms with Gasteiger partial charge < -0.3 is 10.2 Å². The number of hydrogen-bond donors (Lipinski definition) is 1. The quantitative estimate of drug-likeness (QED) is 0.663. The van der Waals surface area contributed by atoms with Crippen LogP contribution >= 0.6 is 11.8 Å². The highest BCUT2D eigenvalue weighted by Gasteiger charge is 2.26. The van der Waals surface area contributed by atoms with Crippen LogP contribution in [0.3, 0.4) is 0 Å². The molecule has 0 saturated heterocycles. The molecule has 0 atom stereocenters. The van der Waals surface area contributed by atoms with E-state index in [1.165, 1.54) is 23.4 Å². The molecule has 0 aliphatic carbocycles. The number of anilines is 1. The molecule has 4 nitrogen and oxygen atoms in total. The first-order valence-electron chi connectivity index (χ1n) is 8.23. The highest BCUT2D eigenvalue weighted by molar-refractivity contribution is 8.04. The second-order valence-electron chi connectivity index (χ2n) is 5.82. The predicted molar refractivity (Wildman–Crippen MR) is 102 cm³/mol. The Balaban J connectivity index is 1.55. The highest BCUT2D eigenvalue weighted by Crippen LogP contribution is 2.40. The van der Waals surface area contributed by atoms with Crippen LogP contribution in [0.1, 0.15) is 12.0 Å². The van der Waals surface area contributed by atoms with Gasteiger partial charge in [0, 0.05) is 24.6 Å². The SMILES string of the molecule is CN1C(=O)/C(=C\C(=O)NCCCc2ccccc2)Sc2ccccc21. The van der Waals surface area contributed by atoms with Crippen molar-refractivity contribution < 1.29 is 9.59 Å². The second-order valence-corrected chi connectivity index (χ2v) is 6.91. The molecule has 0 aromatic heterocycles. The number of aryl methyl sites for hydroxylation is 1. The highest BCUT2D eigenvalue weighted by atomic mass is 32.2. The number of nitrogens with zero attached hydrogens (tertiary/aromatic N) is 1. The maximum atomic E-state index is 12.4. The summed E-state index contributed by atoms with van der Waals surface area (Å²) >= 11 is 1.34. The van der Waals surface area contributed by atoms with E-state index < -0.39 is 0 Å². The second kappa shape index (κ2) is 8.03. The summed E-state index contributed by atoms with van der Waals surface area (Å²) in [6.07, 6.45) is 3.19. The van der Waals surface area contributed by atoms with Gasteiger partial charge in [-0.15, -0.1) is 0 Å². The molecule has 0 saturated carbocycles. The largest absolute Gasteiger partial charge is 0.353 e. The number of fused-ring (bicyclic) bond motifs is 1. The molecule has 25 heavy (non-hydrogen) atoms. The molecule has 5 heteroatoms. The first-order valence-corrected chi connectivity index (χ1v) is 9.05. The molecule has 0 unspecified atom stereocenters. The first kappa shape index (κ1) is 17.3. The van der Waals surface area contributed by atoms with Crippen molar-refractivity contribution in [3.05, 3.63) is 71.1 Å². The number of benzene rings is 2. The Morgan fingerprint density at radius 2 is 1.84 bits per heavy atom. The Morgan fingerprint density at radius 1 is 1.12 bits per heavy atom. The van der Waals surface area contributed by atoms with Gasteiger partial charge in [-0.25, -0.2) is 0 Å². The lowest BCUT2D eigenvalue weighted by Crippen LogP contribution is -2.31. The Labute approximate surface area is 151 Å². The van der Waals surface area contributed by atoms with E-state index in [1.807, 2.05) is 42.5 Å². The third-order valence-electron chi connectivity index (χ3n) is 4.01. The maximum absolute atomic E-state index is 12.4. The molecule has 0 bridgehead atoms. The van der Waals surface area contributed by atoms with Gasteiger partial charge in [-0.3, -0.25) is 9.59 Å². The van der Waals surface area contributed by atoms with Gasteiger partial charge in [-0.2, -0.15) is 0 Å². The zero-order valence-electron chi connectivity index (χ0n) is 14.1. The fourth-order valence-corrected chi connectivity index (χ4v) is 3.75. The van der Waals surface area contributed by atoms with E-state index in [0.717, 1.165) is 23.4 Å². The van der Waals surface area contributed by atoms with Crippen molar-refractivity contribution in [1.82, 2.24) is 5.32 Å². The Bertz CT molecular complexity index is 802. The fourth-order valence-electron chi connectivity index (χ4n) is 2.67. The summed E-state index contributed by atoms with van der Waals surface area (Å²) in [5.74, 6) is -0.375. The van der Waals surface area contributed by atoms with Crippen LogP contribution in [0.4, 0.5) is 5.69 Å². The van der Waals surface area contributed by atoms with E-state index in [4.69, 9.17) is 0 Å². The van der Waals surface area contributed by atoms with Gasteiger partial charge in [0.1, 0.15) is 0 Å². The lowest BCUT2D eigenvalue weighted by atomic mass is 10.1. The van der Waals surface area contributed by atoms with Crippen molar-refractivity contribution in [1.29, 1.82) is 0 Å². The molecule has 2 aromatic rings. The molecule has 1 aliphatic rings. The molecule has 0 fully saturated rings. The summed E-state index contributed by atoms with van der Waals surface area (Å²) in [7, 11) is 1.73. The zero-order valence-corrected chi connectivity index (χ0v) is 14.9. The number of thioether (sulfide) groups is 1. The van der Waals surface area contributed by atoms with Crippen LogP contribution in [0.15, 0.2) is 70.5 Å².